The van der Waals surface area contributed by atoms with Crippen molar-refractivity contribution in [2.24, 2.45) is 0 Å². The number of nitriles is 1. The smallest absolute Gasteiger partial charge is 0.202 e. The summed E-state index contributed by atoms with van der Waals surface area (Å²) in [5, 5.41) is 8.88. The van der Waals surface area contributed by atoms with Crippen LogP contribution in [0.25, 0.3) is 0 Å². The standard InChI is InChI=1S/C12H13F2N/c1-11(2,8-15)9-4-6-10(7-5-9)12(3,13)14/h4-7H,1-3H3. The summed E-state index contributed by atoms with van der Waals surface area (Å²) < 4.78 is 25.8. The molecule has 0 fully saturated rings. The summed E-state index contributed by atoms with van der Waals surface area (Å²) in [6, 6.07) is 8.03. The highest BCUT2D eigenvalue weighted by Gasteiger charge is 2.25. The molecule has 1 aromatic carbocycles. The van der Waals surface area contributed by atoms with Crippen molar-refractivity contribution in [2.45, 2.75) is 32.1 Å². The van der Waals surface area contributed by atoms with Gasteiger partial charge >= 0.3 is 0 Å². The van der Waals surface area contributed by atoms with E-state index in [2.05, 4.69) is 6.07 Å². The van der Waals surface area contributed by atoms with Crippen LogP contribution < -0.4 is 0 Å². The van der Waals surface area contributed by atoms with Gasteiger partial charge in [0, 0.05) is 12.5 Å². The van der Waals surface area contributed by atoms with E-state index in [0.29, 0.717) is 0 Å². The lowest BCUT2D eigenvalue weighted by Crippen LogP contribution is -2.14. The van der Waals surface area contributed by atoms with E-state index in [4.69, 9.17) is 5.26 Å². The van der Waals surface area contributed by atoms with Crippen LogP contribution in [0.3, 0.4) is 0 Å². The van der Waals surface area contributed by atoms with Gasteiger partial charge in [0.25, 0.3) is 5.92 Å². The molecule has 0 atom stereocenters. The zero-order valence-corrected chi connectivity index (χ0v) is 9.01. The van der Waals surface area contributed by atoms with Gasteiger partial charge in [0.05, 0.1) is 11.5 Å². The Morgan fingerprint density at radius 1 is 1.00 bits per heavy atom. The molecule has 0 radical (unpaired) electrons. The zero-order valence-electron chi connectivity index (χ0n) is 9.01. The van der Waals surface area contributed by atoms with Crippen LogP contribution in [-0.2, 0) is 11.3 Å². The SMILES string of the molecule is CC(F)(F)c1ccc(C(C)(C)C#N)cc1. The Kier molecular flexibility index (Phi) is 2.81. The van der Waals surface area contributed by atoms with Gasteiger partial charge in [-0.3, -0.25) is 0 Å². The van der Waals surface area contributed by atoms with Crippen LogP contribution >= 0.6 is 0 Å². The van der Waals surface area contributed by atoms with E-state index in [9.17, 15) is 8.78 Å². The van der Waals surface area contributed by atoms with Crippen molar-refractivity contribution in [1.29, 1.82) is 5.26 Å². The summed E-state index contributed by atoms with van der Waals surface area (Å²) in [7, 11) is 0. The number of nitrogens with zero attached hydrogens (tertiary/aromatic N) is 1. The first-order valence-electron chi connectivity index (χ1n) is 4.67. The molecule has 0 saturated carbocycles. The lowest BCUT2D eigenvalue weighted by atomic mass is 9.86. The zero-order chi connectivity index (χ0) is 11.7. The molecular formula is C12H13F2N. The Labute approximate surface area is 88.3 Å². The van der Waals surface area contributed by atoms with E-state index in [1.54, 1.807) is 26.0 Å². The number of benzene rings is 1. The highest BCUT2D eigenvalue weighted by Crippen LogP contribution is 2.29. The second kappa shape index (κ2) is 3.62. The lowest BCUT2D eigenvalue weighted by molar-refractivity contribution is 0.0174. The Morgan fingerprint density at radius 2 is 1.40 bits per heavy atom. The van der Waals surface area contributed by atoms with Crippen molar-refractivity contribution in [3.63, 3.8) is 0 Å². The van der Waals surface area contributed by atoms with Crippen LogP contribution in [-0.4, -0.2) is 0 Å². The normalized spacial score (nSPS) is 12.3. The summed E-state index contributed by atoms with van der Waals surface area (Å²) in [5.41, 5.74) is 0.0830. The Morgan fingerprint density at radius 3 is 1.73 bits per heavy atom. The average molecular weight is 209 g/mol. The van der Waals surface area contributed by atoms with Gasteiger partial charge in [0.2, 0.25) is 0 Å². The van der Waals surface area contributed by atoms with Crippen molar-refractivity contribution in [3.05, 3.63) is 35.4 Å². The Hall–Kier alpha value is -1.43. The molecule has 0 aliphatic heterocycles. The minimum Gasteiger partial charge on any atom is -0.202 e. The number of hydrogen-bond acceptors (Lipinski definition) is 1. The first kappa shape index (κ1) is 11.6. The fourth-order valence-corrected chi connectivity index (χ4v) is 1.24. The number of halogens is 2. The summed E-state index contributed by atoms with van der Waals surface area (Å²) in [4.78, 5) is 0. The van der Waals surface area contributed by atoms with Crippen molar-refractivity contribution >= 4 is 0 Å². The molecule has 0 heterocycles. The molecule has 0 aliphatic carbocycles. The fourth-order valence-electron chi connectivity index (χ4n) is 1.24. The summed E-state index contributed by atoms with van der Waals surface area (Å²) in [5.74, 6) is -2.82. The molecule has 3 heteroatoms. The maximum absolute atomic E-state index is 12.9. The van der Waals surface area contributed by atoms with Gasteiger partial charge in [-0.15, -0.1) is 0 Å². The third-order valence-electron chi connectivity index (χ3n) is 2.39. The molecule has 0 spiro atoms. The van der Waals surface area contributed by atoms with Crippen molar-refractivity contribution in [3.8, 4) is 6.07 Å². The highest BCUT2D eigenvalue weighted by molar-refractivity contribution is 5.33. The largest absolute Gasteiger partial charge is 0.270 e. The quantitative estimate of drug-likeness (QED) is 0.730. The van der Waals surface area contributed by atoms with Crippen molar-refractivity contribution in [2.75, 3.05) is 0 Å². The van der Waals surface area contributed by atoms with Crippen molar-refractivity contribution in [1.82, 2.24) is 0 Å². The van der Waals surface area contributed by atoms with E-state index in [-0.39, 0.29) is 5.56 Å². The van der Waals surface area contributed by atoms with E-state index < -0.39 is 11.3 Å². The summed E-state index contributed by atoms with van der Waals surface area (Å²) >= 11 is 0. The molecule has 0 saturated heterocycles. The monoisotopic (exact) mass is 209 g/mol. The third kappa shape index (κ3) is 2.53. The molecule has 15 heavy (non-hydrogen) atoms. The molecule has 0 N–H and O–H groups in total. The number of alkyl halides is 2. The first-order valence-corrected chi connectivity index (χ1v) is 4.67. The van der Waals surface area contributed by atoms with Gasteiger partial charge in [0.1, 0.15) is 0 Å². The summed E-state index contributed by atoms with van der Waals surface area (Å²) in [6.07, 6.45) is 0. The second-order valence-electron chi connectivity index (χ2n) is 4.20. The van der Waals surface area contributed by atoms with Gasteiger partial charge in [0.15, 0.2) is 0 Å². The van der Waals surface area contributed by atoms with E-state index >= 15 is 0 Å². The second-order valence-corrected chi connectivity index (χ2v) is 4.20. The molecule has 0 aromatic heterocycles. The van der Waals surface area contributed by atoms with Crippen LogP contribution in [0.2, 0.25) is 0 Å². The topological polar surface area (TPSA) is 23.8 Å². The maximum atomic E-state index is 12.9. The molecular weight excluding hydrogens is 196 g/mol. The van der Waals surface area contributed by atoms with Crippen LogP contribution in [0.1, 0.15) is 31.9 Å². The molecule has 1 nitrogen and oxygen atoms in total. The average Bonchev–Trinajstić information content (AvgIpc) is 2.17. The molecule has 0 unspecified atom stereocenters. The van der Waals surface area contributed by atoms with Gasteiger partial charge in [-0.25, -0.2) is 8.78 Å². The Bertz CT molecular complexity index is 380. The maximum Gasteiger partial charge on any atom is 0.270 e. The van der Waals surface area contributed by atoms with E-state index in [0.717, 1.165) is 12.5 Å². The van der Waals surface area contributed by atoms with Crippen molar-refractivity contribution < 1.29 is 8.78 Å². The van der Waals surface area contributed by atoms with E-state index in [1.165, 1.54) is 12.1 Å². The van der Waals surface area contributed by atoms with Gasteiger partial charge in [-0.2, -0.15) is 5.26 Å². The molecule has 0 amide bonds. The van der Waals surface area contributed by atoms with Crippen LogP contribution in [0.5, 0.6) is 0 Å². The van der Waals surface area contributed by atoms with Gasteiger partial charge < -0.3 is 0 Å². The lowest BCUT2D eigenvalue weighted by Gasteiger charge is -2.17. The Balaban J connectivity index is 3.08. The molecule has 1 aromatic rings. The van der Waals surface area contributed by atoms with Crippen LogP contribution in [0.4, 0.5) is 8.78 Å². The minimum absolute atomic E-state index is 0.0278. The highest BCUT2D eigenvalue weighted by atomic mass is 19.3. The van der Waals surface area contributed by atoms with Crippen LogP contribution in [0, 0.1) is 11.3 Å². The molecule has 0 aliphatic rings. The van der Waals surface area contributed by atoms with E-state index in [1.807, 2.05) is 0 Å². The summed E-state index contributed by atoms with van der Waals surface area (Å²) in [6.45, 7) is 4.37. The van der Waals surface area contributed by atoms with Gasteiger partial charge in [-0.1, -0.05) is 24.3 Å². The first-order chi connectivity index (χ1) is 6.77. The predicted octanol–water partition coefficient (Wildman–Crippen LogP) is 3.60. The van der Waals surface area contributed by atoms with Crippen LogP contribution in [0.15, 0.2) is 24.3 Å². The molecule has 80 valence electrons. The minimum atomic E-state index is -2.82. The third-order valence-corrected chi connectivity index (χ3v) is 2.39. The number of rotatable bonds is 2. The molecule has 0 bridgehead atoms. The number of hydrogen-bond donors (Lipinski definition) is 0. The van der Waals surface area contributed by atoms with Gasteiger partial charge in [-0.05, 0) is 19.4 Å². The molecule has 1 rings (SSSR count). The predicted molar refractivity (Wildman–Crippen MR) is 54.6 cm³/mol. The fraction of sp³-hybridized carbons (Fsp3) is 0.417.